The van der Waals surface area contributed by atoms with E-state index in [0.717, 1.165) is 17.6 Å². The van der Waals surface area contributed by atoms with Crippen molar-refractivity contribution in [2.24, 2.45) is 0 Å². The molecule has 0 saturated carbocycles. The molecule has 27 heavy (non-hydrogen) atoms. The van der Waals surface area contributed by atoms with Crippen LogP contribution in [0.4, 0.5) is 11.4 Å². The third kappa shape index (κ3) is 6.14. The first-order valence-corrected chi connectivity index (χ1v) is 10.7. The molecule has 3 N–H and O–H groups in total. The second-order valence-electron chi connectivity index (χ2n) is 5.89. The van der Waals surface area contributed by atoms with E-state index in [-0.39, 0.29) is 0 Å². The van der Waals surface area contributed by atoms with Crippen LogP contribution in [0.5, 0.6) is 0 Å². The molecule has 4 aromatic rings. The van der Waals surface area contributed by atoms with Gasteiger partial charge in [-0.3, -0.25) is 0 Å². The molecule has 0 bridgehead atoms. The van der Waals surface area contributed by atoms with Gasteiger partial charge in [-0.25, -0.2) is 0 Å². The van der Waals surface area contributed by atoms with Gasteiger partial charge in [-0.15, -0.1) is 0 Å². The van der Waals surface area contributed by atoms with Gasteiger partial charge >= 0.3 is 0 Å². The maximum Gasteiger partial charge on any atom is 0.0419 e. The third-order valence-corrected chi connectivity index (χ3v) is 3.98. The molecule has 0 radical (unpaired) electrons. The molecule has 0 atom stereocenters. The number of nitrogen functional groups attached to an aromatic ring is 1. The van der Waals surface area contributed by atoms with Gasteiger partial charge in [0.15, 0.2) is 0 Å². The molecule has 2 nitrogen and oxygen atoms in total. The Kier molecular flexibility index (Phi) is 8.92. The summed E-state index contributed by atoms with van der Waals surface area (Å²) in [5, 5.41) is 8.28. The lowest BCUT2D eigenvalue weighted by molar-refractivity contribution is 1.22. The highest BCUT2D eigenvalue weighted by atomic mass is 127. The normalized spacial score (nSPS) is 9.74. The van der Waals surface area contributed by atoms with Gasteiger partial charge in [0.25, 0.3) is 0 Å². The van der Waals surface area contributed by atoms with Crippen LogP contribution in [0.15, 0.2) is 84.9 Å². The molecule has 0 heterocycles. The molecule has 0 amide bonds. The zero-order valence-corrected chi connectivity index (χ0v) is 18.1. The molecular weight excluding hydrogens is 443 g/mol. The van der Waals surface area contributed by atoms with Gasteiger partial charge < -0.3 is 11.1 Å². The maximum absolute atomic E-state index is 5.76. The lowest BCUT2D eigenvalue weighted by atomic mass is 10.1. The smallest absolute Gasteiger partial charge is 0.0419 e. The van der Waals surface area contributed by atoms with E-state index in [9.17, 15) is 0 Å². The van der Waals surface area contributed by atoms with Gasteiger partial charge in [-0.1, -0.05) is 102 Å². The van der Waals surface area contributed by atoms with Crippen LogP contribution in [0.2, 0.25) is 0 Å². The second-order valence-corrected chi connectivity index (χ2v) is 7.42. The Labute approximate surface area is 175 Å². The third-order valence-electron chi connectivity index (χ3n) is 3.98. The van der Waals surface area contributed by atoms with Crippen molar-refractivity contribution >= 4 is 55.5 Å². The van der Waals surface area contributed by atoms with Crippen LogP contribution < -0.4 is 11.1 Å². The average Bonchev–Trinajstić information content (AvgIpc) is 2.70. The summed E-state index contributed by atoms with van der Waals surface area (Å²) >= 11 is 2.29. The summed E-state index contributed by atoms with van der Waals surface area (Å²) in [5.41, 5.74) is 7.83. The Bertz CT molecular complexity index is 956. The number of rotatable bonds is 2. The molecule has 4 rings (SSSR count). The predicted molar refractivity (Wildman–Crippen MR) is 131 cm³/mol. The fraction of sp³-hybridized carbons (Fsp3) is 0.167. The molecule has 0 aliphatic carbocycles. The second kappa shape index (κ2) is 11.4. The molecule has 0 aromatic heterocycles. The first-order valence-electron chi connectivity index (χ1n) is 9.22. The molecule has 0 saturated heterocycles. The summed E-state index contributed by atoms with van der Waals surface area (Å²) < 4.78 is 1.22. The van der Waals surface area contributed by atoms with Crippen LogP contribution in [0.1, 0.15) is 13.8 Å². The molecule has 0 aliphatic rings. The number of hydrogen-bond donors (Lipinski definition) is 2. The van der Waals surface area contributed by atoms with Gasteiger partial charge in [-0.2, -0.15) is 0 Å². The fourth-order valence-electron chi connectivity index (χ4n) is 2.82. The van der Waals surface area contributed by atoms with Crippen molar-refractivity contribution in [1.29, 1.82) is 0 Å². The Morgan fingerprint density at radius 1 is 0.704 bits per heavy atom. The minimum atomic E-state index is 0.850. The summed E-state index contributed by atoms with van der Waals surface area (Å²) in [4.78, 5) is 0. The van der Waals surface area contributed by atoms with E-state index in [1.165, 1.54) is 26.3 Å². The minimum absolute atomic E-state index is 0.850. The van der Waals surface area contributed by atoms with Crippen LogP contribution in [-0.4, -0.2) is 11.0 Å². The number of fused-ring (bicyclic) bond motifs is 2. The number of nitrogens with two attached hydrogens (primary N) is 1. The Balaban J connectivity index is 0.000000171. The number of anilines is 2. The number of hydrogen-bond acceptors (Lipinski definition) is 2. The van der Waals surface area contributed by atoms with Crippen molar-refractivity contribution in [3.63, 3.8) is 0 Å². The van der Waals surface area contributed by atoms with Crippen molar-refractivity contribution in [3.05, 3.63) is 84.9 Å². The average molecular weight is 470 g/mol. The molecule has 3 heteroatoms. The lowest BCUT2D eigenvalue weighted by Crippen LogP contribution is -1.96. The van der Waals surface area contributed by atoms with Crippen molar-refractivity contribution in [3.8, 4) is 0 Å². The highest BCUT2D eigenvalue weighted by Gasteiger charge is 1.96. The van der Waals surface area contributed by atoms with Crippen LogP contribution in [0.25, 0.3) is 21.5 Å². The van der Waals surface area contributed by atoms with E-state index in [1.54, 1.807) is 0 Å². The lowest BCUT2D eigenvalue weighted by Gasteiger charge is -2.06. The zero-order valence-electron chi connectivity index (χ0n) is 16.0. The van der Waals surface area contributed by atoms with Crippen LogP contribution in [0.3, 0.4) is 0 Å². The van der Waals surface area contributed by atoms with E-state index >= 15 is 0 Å². The molecule has 0 fully saturated rings. The standard InChI is InChI=1S/C12H13N.C10H9N.C2H5I/c1-2-13-12-9-5-7-10-6-3-4-8-11(10)12;11-10-7-3-5-8-4-1-2-6-9(8)10;1-2-3/h3-9,13H,2H2,1H3;1-7H,11H2;2H2,1H3. The number of nitrogens with one attached hydrogen (secondary N) is 1. The van der Waals surface area contributed by atoms with E-state index < -0.39 is 0 Å². The number of halogens is 1. The van der Waals surface area contributed by atoms with Gasteiger partial charge in [0.05, 0.1) is 0 Å². The fourth-order valence-corrected chi connectivity index (χ4v) is 2.82. The highest BCUT2D eigenvalue weighted by molar-refractivity contribution is 14.1. The molecule has 4 aromatic carbocycles. The van der Waals surface area contributed by atoms with Gasteiger partial charge in [0.2, 0.25) is 0 Å². The van der Waals surface area contributed by atoms with Crippen LogP contribution in [-0.2, 0) is 0 Å². The van der Waals surface area contributed by atoms with E-state index in [2.05, 4.69) is 96.4 Å². The predicted octanol–water partition coefficient (Wildman–Crippen LogP) is 7.13. The summed E-state index contributed by atoms with van der Waals surface area (Å²) in [5.74, 6) is 0. The minimum Gasteiger partial charge on any atom is -0.398 e. The zero-order chi connectivity index (χ0) is 19.5. The summed E-state index contributed by atoms with van der Waals surface area (Å²) in [6.45, 7) is 5.19. The number of benzene rings is 4. The van der Waals surface area contributed by atoms with Crippen LogP contribution >= 0.6 is 22.6 Å². The van der Waals surface area contributed by atoms with Crippen LogP contribution in [0, 0.1) is 0 Å². The Hall–Kier alpha value is -2.27. The molecule has 0 unspecified atom stereocenters. The topological polar surface area (TPSA) is 38.0 Å². The molecular formula is C24H27IN2. The number of alkyl halides is 1. The van der Waals surface area contributed by atoms with Crippen molar-refractivity contribution in [1.82, 2.24) is 0 Å². The van der Waals surface area contributed by atoms with Crippen molar-refractivity contribution < 1.29 is 0 Å². The summed E-state index contributed by atoms with van der Waals surface area (Å²) in [7, 11) is 0. The Morgan fingerprint density at radius 3 is 1.78 bits per heavy atom. The molecule has 0 spiro atoms. The van der Waals surface area contributed by atoms with Gasteiger partial charge in [0.1, 0.15) is 0 Å². The van der Waals surface area contributed by atoms with Crippen molar-refractivity contribution in [2.45, 2.75) is 13.8 Å². The summed E-state index contributed by atoms with van der Waals surface area (Å²) in [6, 6.07) is 28.8. The van der Waals surface area contributed by atoms with Gasteiger partial charge in [0, 0.05) is 28.7 Å². The first kappa shape index (κ1) is 21.0. The summed E-state index contributed by atoms with van der Waals surface area (Å²) in [6.07, 6.45) is 0. The highest BCUT2D eigenvalue weighted by Crippen LogP contribution is 2.22. The molecule has 140 valence electrons. The van der Waals surface area contributed by atoms with E-state index in [4.69, 9.17) is 5.73 Å². The van der Waals surface area contributed by atoms with Crippen molar-refractivity contribution in [2.75, 3.05) is 22.0 Å². The van der Waals surface area contributed by atoms with E-state index in [1.807, 2.05) is 30.3 Å². The quantitative estimate of drug-likeness (QED) is 0.186. The van der Waals surface area contributed by atoms with Gasteiger partial charge in [-0.05, 0) is 34.3 Å². The SMILES string of the molecule is CCI.CCNc1cccc2ccccc12.Nc1cccc2ccccc12. The monoisotopic (exact) mass is 470 g/mol. The van der Waals surface area contributed by atoms with E-state index in [0.29, 0.717) is 0 Å². The largest absolute Gasteiger partial charge is 0.398 e. The first-order chi connectivity index (χ1) is 13.2. The maximum atomic E-state index is 5.76. The molecule has 0 aliphatic heterocycles. The Morgan fingerprint density at radius 2 is 1.19 bits per heavy atom.